The molecule has 0 aliphatic carbocycles. The molecule has 0 fully saturated rings. The molecular formula is C22H23Cl2N7O4. The van der Waals surface area contributed by atoms with Crippen molar-refractivity contribution in [3.05, 3.63) is 57.8 Å². The number of anilines is 2. The number of aryl methyl sites for hydroxylation is 1. The summed E-state index contributed by atoms with van der Waals surface area (Å²) in [5, 5.41) is 25.2. The van der Waals surface area contributed by atoms with E-state index in [9.17, 15) is 14.7 Å². The maximum absolute atomic E-state index is 12.9. The Morgan fingerprint density at radius 2 is 1.94 bits per heavy atom. The molecule has 13 heteroatoms. The number of hydrazone groups is 1. The SMILES string of the molecule is COc1cc(C(=O)CC(CCC(=O)Nc2ccc(Cl)cc2Cl)=NNc2nnc(C)n2N)ccc1O. The van der Waals surface area contributed by atoms with Crippen LogP contribution in [0.1, 0.15) is 35.4 Å². The van der Waals surface area contributed by atoms with E-state index in [1.165, 1.54) is 36.1 Å². The van der Waals surface area contributed by atoms with Crippen LogP contribution in [0.15, 0.2) is 41.5 Å². The number of benzene rings is 2. The van der Waals surface area contributed by atoms with Crippen LogP contribution in [0.25, 0.3) is 0 Å². The summed E-state index contributed by atoms with van der Waals surface area (Å²) in [7, 11) is 1.39. The van der Waals surface area contributed by atoms with Crippen molar-refractivity contribution in [1.82, 2.24) is 14.9 Å². The van der Waals surface area contributed by atoms with Crippen LogP contribution in [-0.4, -0.2) is 44.5 Å². The lowest BCUT2D eigenvalue weighted by Crippen LogP contribution is -2.18. The van der Waals surface area contributed by atoms with Gasteiger partial charge in [0.1, 0.15) is 0 Å². The van der Waals surface area contributed by atoms with Gasteiger partial charge < -0.3 is 21.0 Å². The number of nitrogens with one attached hydrogen (secondary N) is 2. The molecule has 0 aliphatic rings. The van der Waals surface area contributed by atoms with E-state index in [4.69, 9.17) is 33.8 Å². The first-order valence-electron chi connectivity index (χ1n) is 10.3. The van der Waals surface area contributed by atoms with Crippen LogP contribution in [0.5, 0.6) is 11.5 Å². The topological polar surface area (TPSA) is 157 Å². The van der Waals surface area contributed by atoms with Crippen molar-refractivity contribution in [2.24, 2.45) is 5.10 Å². The highest BCUT2D eigenvalue weighted by Crippen LogP contribution is 2.27. The van der Waals surface area contributed by atoms with Gasteiger partial charge in [-0.15, -0.1) is 10.2 Å². The number of hydrogen-bond acceptors (Lipinski definition) is 9. The number of phenolic OH excluding ortho intramolecular Hbond substituents is 1. The number of Topliss-reactive ketones (excluding diaryl/α,β-unsaturated/α-hetero) is 1. The number of methoxy groups -OCH3 is 1. The molecule has 0 bridgehead atoms. The van der Waals surface area contributed by atoms with Gasteiger partial charge in [0.15, 0.2) is 23.1 Å². The lowest BCUT2D eigenvalue weighted by Gasteiger charge is -2.10. The molecule has 5 N–H and O–H groups in total. The predicted molar refractivity (Wildman–Crippen MR) is 134 cm³/mol. The van der Waals surface area contributed by atoms with E-state index in [-0.39, 0.29) is 48.4 Å². The van der Waals surface area contributed by atoms with E-state index in [1.807, 2.05) is 0 Å². The van der Waals surface area contributed by atoms with Gasteiger partial charge in [-0.25, -0.2) is 10.1 Å². The van der Waals surface area contributed by atoms with Crippen molar-refractivity contribution >= 4 is 52.2 Å². The number of ether oxygens (including phenoxy) is 1. The van der Waals surface area contributed by atoms with Crippen LogP contribution in [0.2, 0.25) is 10.0 Å². The first kappa shape index (κ1) is 25.8. The van der Waals surface area contributed by atoms with Gasteiger partial charge in [-0.2, -0.15) is 5.10 Å². The fourth-order valence-electron chi connectivity index (χ4n) is 2.96. The maximum atomic E-state index is 12.9. The molecule has 1 aromatic heterocycles. The van der Waals surface area contributed by atoms with E-state index in [0.29, 0.717) is 32.8 Å². The normalized spacial score (nSPS) is 11.3. The zero-order valence-corrected chi connectivity index (χ0v) is 20.4. The van der Waals surface area contributed by atoms with Gasteiger partial charge in [0.25, 0.3) is 5.95 Å². The summed E-state index contributed by atoms with van der Waals surface area (Å²) in [5.41, 5.74) is 3.76. The zero-order valence-electron chi connectivity index (χ0n) is 18.9. The molecule has 1 amide bonds. The molecule has 0 spiro atoms. The number of hydrogen-bond donors (Lipinski definition) is 4. The number of carbonyl (C=O) groups excluding carboxylic acids is 2. The van der Waals surface area contributed by atoms with Crippen molar-refractivity contribution in [2.75, 3.05) is 23.7 Å². The molecule has 1 heterocycles. The van der Waals surface area contributed by atoms with Gasteiger partial charge in [-0.1, -0.05) is 23.2 Å². The third-order valence-corrected chi connectivity index (χ3v) is 5.44. The van der Waals surface area contributed by atoms with Gasteiger partial charge in [0, 0.05) is 22.7 Å². The van der Waals surface area contributed by atoms with Gasteiger partial charge in [0.05, 0.1) is 24.2 Å². The first-order valence-corrected chi connectivity index (χ1v) is 11.1. The quantitative estimate of drug-likeness (QED) is 0.136. The number of rotatable bonds is 10. The van der Waals surface area contributed by atoms with E-state index in [2.05, 4.69) is 26.0 Å². The Kier molecular flexibility index (Phi) is 8.50. The largest absolute Gasteiger partial charge is 0.504 e. The summed E-state index contributed by atoms with van der Waals surface area (Å²) in [6.45, 7) is 1.66. The standard InChI is InChI=1S/C22H23Cl2N7O4/c1-12-27-29-22(31(12)25)30-28-15(11-19(33)13-3-7-18(32)20(9-13)35-2)5-8-21(34)26-17-6-4-14(23)10-16(17)24/h3-4,6-7,9-10,32H,5,8,11,25H2,1-2H3,(H,26,34)(H,29,30). The Balaban J connectivity index is 1.74. The highest BCUT2D eigenvalue weighted by atomic mass is 35.5. The van der Waals surface area contributed by atoms with Crippen molar-refractivity contribution < 1.29 is 19.4 Å². The maximum Gasteiger partial charge on any atom is 0.263 e. The summed E-state index contributed by atoms with van der Waals surface area (Å²) >= 11 is 12.0. The van der Waals surface area contributed by atoms with Crippen molar-refractivity contribution in [3.8, 4) is 11.5 Å². The highest BCUT2D eigenvalue weighted by molar-refractivity contribution is 6.36. The molecule has 0 atom stereocenters. The van der Waals surface area contributed by atoms with E-state index >= 15 is 0 Å². The summed E-state index contributed by atoms with van der Waals surface area (Å²) in [4.78, 5) is 25.4. The predicted octanol–water partition coefficient (Wildman–Crippen LogP) is 3.78. The molecule has 0 aliphatic heterocycles. The Bertz CT molecular complexity index is 1280. The molecule has 0 saturated heterocycles. The van der Waals surface area contributed by atoms with Gasteiger partial charge in [0.2, 0.25) is 5.91 Å². The van der Waals surface area contributed by atoms with Gasteiger partial charge in [-0.05, 0) is 49.7 Å². The van der Waals surface area contributed by atoms with E-state index < -0.39 is 0 Å². The molecule has 35 heavy (non-hydrogen) atoms. The summed E-state index contributed by atoms with van der Waals surface area (Å²) < 4.78 is 6.26. The Morgan fingerprint density at radius 3 is 2.60 bits per heavy atom. The van der Waals surface area contributed by atoms with Crippen LogP contribution < -0.4 is 21.3 Å². The highest BCUT2D eigenvalue weighted by Gasteiger charge is 2.16. The second-order valence-electron chi connectivity index (χ2n) is 7.39. The number of phenols is 1. The second kappa shape index (κ2) is 11.5. The average Bonchev–Trinajstić information content (AvgIpc) is 3.15. The molecule has 184 valence electrons. The van der Waals surface area contributed by atoms with Crippen molar-refractivity contribution in [3.63, 3.8) is 0 Å². The third-order valence-electron chi connectivity index (χ3n) is 4.89. The molecule has 3 rings (SSSR count). The van der Waals surface area contributed by atoms with Crippen LogP contribution in [0.3, 0.4) is 0 Å². The number of amides is 1. The summed E-state index contributed by atoms with van der Waals surface area (Å²) in [5.74, 6) is 5.89. The fraction of sp³-hybridized carbons (Fsp3) is 0.227. The molecular weight excluding hydrogens is 497 g/mol. The number of halogens is 2. The van der Waals surface area contributed by atoms with E-state index in [0.717, 1.165) is 0 Å². The number of nitrogens with two attached hydrogens (primary N) is 1. The third kappa shape index (κ3) is 6.84. The van der Waals surface area contributed by atoms with Gasteiger partial charge >= 0.3 is 0 Å². The van der Waals surface area contributed by atoms with Crippen LogP contribution in [0, 0.1) is 6.92 Å². The average molecular weight is 520 g/mol. The zero-order chi connectivity index (χ0) is 25.5. The number of nitrogens with zero attached hydrogens (tertiary/aromatic N) is 4. The molecule has 0 unspecified atom stereocenters. The summed E-state index contributed by atoms with van der Waals surface area (Å²) in [6, 6.07) is 8.99. The monoisotopic (exact) mass is 519 g/mol. The minimum atomic E-state index is -0.335. The number of ketones is 1. The van der Waals surface area contributed by atoms with Crippen LogP contribution in [-0.2, 0) is 4.79 Å². The lowest BCUT2D eigenvalue weighted by molar-refractivity contribution is -0.116. The molecule has 3 aromatic rings. The minimum absolute atomic E-state index is 0.0139. The first-order chi connectivity index (χ1) is 16.7. The molecule has 2 aromatic carbocycles. The number of aromatic hydroxyl groups is 1. The number of nitrogen functional groups attached to an aromatic ring is 1. The van der Waals surface area contributed by atoms with Crippen LogP contribution >= 0.6 is 23.2 Å². The van der Waals surface area contributed by atoms with E-state index in [1.54, 1.807) is 19.1 Å². The lowest BCUT2D eigenvalue weighted by atomic mass is 10.0. The molecule has 11 nitrogen and oxygen atoms in total. The second-order valence-corrected chi connectivity index (χ2v) is 8.23. The van der Waals surface area contributed by atoms with Crippen molar-refractivity contribution in [1.29, 1.82) is 0 Å². The fourth-order valence-corrected chi connectivity index (χ4v) is 3.41. The van der Waals surface area contributed by atoms with Gasteiger partial charge in [-0.3, -0.25) is 9.59 Å². The Labute approximate surface area is 210 Å². The Morgan fingerprint density at radius 1 is 1.17 bits per heavy atom. The molecule has 0 saturated carbocycles. The minimum Gasteiger partial charge on any atom is -0.504 e. The van der Waals surface area contributed by atoms with Crippen molar-refractivity contribution in [2.45, 2.75) is 26.2 Å². The smallest absolute Gasteiger partial charge is 0.263 e. The number of carbonyl (C=O) groups is 2. The summed E-state index contributed by atoms with van der Waals surface area (Å²) in [6.07, 6.45) is 0.0380. The number of aromatic nitrogens is 3. The molecule has 0 radical (unpaired) electrons. The van der Waals surface area contributed by atoms with Crippen LogP contribution in [0.4, 0.5) is 11.6 Å². The Hall–Kier alpha value is -3.83.